The minimum absolute atomic E-state index is 0.0617. The molecule has 0 saturated carbocycles. The molecule has 80 heavy (non-hydrogen) atoms. The summed E-state index contributed by atoms with van der Waals surface area (Å²) >= 11 is 3.81. The van der Waals surface area contributed by atoms with Crippen molar-refractivity contribution in [1.82, 2.24) is 0 Å². The van der Waals surface area contributed by atoms with Gasteiger partial charge in [-0.05, 0) is 180 Å². The smallest absolute Gasteiger partial charge is 0.0433 e. The Morgan fingerprint density at radius 3 is 1.00 bits per heavy atom. The molecule has 0 amide bonds. The summed E-state index contributed by atoms with van der Waals surface area (Å²) in [5, 5.41) is 21.4. The average molecular weight is 1050 g/mol. The Balaban J connectivity index is 0.000000128. The highest BCUT2D eigenvalue weighted by molar-refractivity contribution is 7.26. The highest BCUT2D eigenvalue weighted by Gasteiger charge is 2.38. The van der Waals surface area contributed by atoms with E-state index < -0.39 is 0 Å². The Labute approximate surface area is 472 Å². The van der Waals surface area contributed by atoms with Crippen molar-refractivity contribution in [3.05, 3.63) is 265 Å². The van der Waals surface area contributed by atoms with E-state index in [1.54, 1.807) is 0 Å². The molecule has 0 aliphatic heterocycles. The zero-order valence-corrected chi connectivity index (χ0v) is 46.5. The number of fused-ring (bicyclic) bond motifs is 24. The summed E-state index contributed by atoms with van der Waals surface area (Å²) < 4.78 is 5.45. The van der Waals surface area contributed by atoms with Gasteiger partial charge in [-0.25, -0.2) is 0 Å². The van der Waals surface area contributed by atoms with Gasteiger partial charge in [-0.15, -0.1) is 22.7 Å². The Hall–Kier alpha value is -8.92. The Morgan fingerprint density at radius 2 is 0.537 bits per heavy atom. The van der Waals surface area contributed by atoms with Crippen molar-refractivity contribution in [3.63, 3.8) is 0 Å². The monoisotopic (exact) mass is 1050 g/mol. The molecule has 0 bridgehead atoms. The van der Waals surface area contributed by atoms with Gasteiger partial charge in [0.25, 0.3) is 0 Å². The fraction of sp³-hybridized carbons (Fsp3) is 0.0769. The van der Waals surface area contributed by atoms with Gasteiger partial charge in [-0.3, -0.25) is 0 Å². The van der Waals surface area contributed by atoms with Crippen LogP contribution in [0, 0.1) is 0 Å². The quantitative estimate of drug-likeness (QED) is 0.151. The molecule has 0 spiro atoms. The summed E-state index contributed by atoms with van der Waals surface area (Å²) in [5.41, 5.74) is 16.3. The van der Waals surface area contributed by atoms with Crippen LogP contribution in [-0.2, 0) is 10.8 Å². The van der Waals surface area contributed by atoms with Crippen molar-refractivity contribution in [2.75, 3.05) is 0 Å². The summed E-state index contributed by atoms with van der Waals surface area (Å²) in [5.74, 6) is 0. The maximum atomic E-state index is 2.49. The lowest BCUT2D eigenvalue weighted by molar-refractivity contribution is 0.661. The topological polar surface area (TPSA) is 0 Å². The van der Waals surface area contributed by atoms with Crippen LogP contribution in [0.25, 0.3) is 149 Å². The van der Waals surface area contributed by atoms with E-state index in [4.69, 9.17) is 0 Å². The van der Waals surface area contributed by atoms with E-state index in [2.05, 4.69) is 270 Å². The minimum Gasteiger partial charge on any atom is -0.135 e. The first-order valence-electron chi connectivity index (χ1n) is 28.1. The van der Waals surface area contributed by atoms with E-state index in [9.17, 15) is 0 Å². The standard InChI is InChI=1S/2C39H26S/c1-39(2)35-20-23(24-15-9-16-31-30-14-7-8-17-37(30)40-38(24)31)18-19-29(35)34-21-32-27-12-5-3-10-25(27)26-11-4-6-13-28(26)33(32)22-36(34)39;1-39(2)35-19-18-23(24-15-9-16-30-29-14-7-8-17-37(29)40-38(24)30)20-33(35)34-21-31-27-12-5-3-10-25(27)26-11-4-6-13-28(26)32(31)22-36(34)39/h2*3-22H,1-2H3. The molecule has 14 aromatic carbocycles. The molecule has 0 nitrogen and oxygen atoms in total. The fourth-order valence-electron chi connectivity index (χ4n) is 14.6. The van der Waals surface area contributed by atoms with Crippen molar-refractivity contribution in [3.8, 4) is 44.5 Å². The van der Waals surface area contributed by atoms with Crippen LogP contribution in [-0.4, -0.2) is 0 Å². The molecule has 2 aliphatic rings. The molecule has 0 radical (unpaired) electrons. The van der Waals surface area contributed by atoms with Gasteiger partial charge in [-0.2, -0.15) is 0 Å². The SMILES string of the molecule is CC1(C)c2cc(-c3cccc4c3sc3ccccc34)ccc2-c2cc3c4ccccc4c4ccccc4c3cc21.CC1(C)c2ccc(-c3cccc4c3sc3ccccc34)cc2-c2cc3c4ccccc4c4ccccc4c3cc21. The highest BCUT2D eigenvalue weighted by atomic mass is 32.1. The Morgan fingerprint density at radius 1 is 0.212 bits per heavy atom. The number of hydrogen-bond acceptors (Lipinski definition) is 2. The van der Waals surface area contributed by atoms with Gasteiger partial charge in [0.1, 0.15) is 0 Å². The highest BCUT2D eigenvalue weighted by Crippen LogP contribution is 2.55. The largest absolute Gasteiger partial charge is 0.135 e. The van der Waals surface area contributed by atoms with Crippen LogP contribution < -0.4 is 0 Å². The summed E-state index contributed by atoms with van der Waals surface area (Å²) in [6.45, 7) is 9.57. The third-order valence-corrected chi connectivity index (χ3v) is 20.9. The number of rotatable bonds is 2. The number of benzene rings is 14. The molecule has 376 valence electrons. The van der Waals surface area contributed by atoms with Crippen LogP contribution in [0.2, 0.25) is 0 Å². The van der Waals surface area contributed by atoms with Gasteiger partial charge in [0, 0.05) is 51.2 Å². The fourth-order valence-corrected chi connectivity index (χ4v) is 17.0. The predicted octanol–water partition coefficient (Wildman–Crippen LogP) is 23.0. The second-order valence-electron chi connectivity index (χ2n) is 23.4. The van der Waals surface area contributed by atoms with Crippen molar-refractivity contribution in [2.24, 2.45) is 0 Å². The molecule has 0 saturated heterocycles. The number of thiophene rings is 2. The van der Waals surface area contributed by atoms with Gasteiger partial charge in [-0.1, -0.05) is 222 Å². The van der Waals surface area contributed by atoms with Crippen molar-refractivity contribution in [1.29, 1.82) is 0 Å². The zero-order valence-electron chi connectivity index (χ0n) is 44.9. The second kappa shape index (κ2) is 16.8. The van der Waals surface area contributed by atoms with Gasteiger partial charge in [0.2, 0.25) is 0 Å². The predicted molar refractivity (Wildman–Crippen MR) is 350 cm³/mol. The first-order valence-corrected chi connectivity index (χ1v) is 29.7. The van der Waals surface area contributed by atoms with E-state index in [0.717, 1.165) is 0 Å². The van der Waals surface area contributed by atoms with Crippen LogP contribution >= 0.6 is 22.7 Å². The maximum absolute atomic E-state index is 2.49. The third kappa shape index (κ3) is 6.43. The third-order valence-electron chi connectivity index (χ3n) is 18.5. The van der Waals surface area contributed by atoms with Crippen LogP contribution in [0.15, 0.2) is 243 Å². The Kier molecular flexibility index (Phi) is 9.67. The average Bonchev–Trinajstić information content (AvgIpc) is 4.33. The molecule has 2 aliphatic carbocycles. The molecule has 16 aromatic rings. The summed E-state index contributed by atoms with van der Waals surface area (Å²) in [6, 6.07) is 91.0. The van der Waals surface area contributed by atoms with Crippen LogP contribution in [0.1, 0.15) is 49.9 Å². The van der Waals surface area contributed by atoms with Gasteiger partial charge >= 0.3 is 0 Å². The van der Waals surface area contributed by atoms with E-state index in [1.807, 2.05) is 22.7 Å². The first kappa shape index (κ1) is 46.0. The Bertz CT molecular complexity index is 5370. The van der Waals surface area contributed by atoms with E-state index in [1.165, 1.54) is 172 Å². The van der Waals surface area contributed by atoms with Crippen LogP contribution in [0.4, 0.5) is 0 Å². The minimum atomic E-state index is -0.0876. The van der Waals surface area contributed by atoms with E-state index in [-0.39, 0.29) is 10.8 Å². The molecule has 0 fully saturated rings. The van der Waals surface area contributed by atoms with E-state index >= 15 is 0 Å². The zero-order chi connectivity index (χ0) is 53.2. The van der Waals surface area contributed by atoms with Crippen LogP contribution in [0.5, 0.6) is 0 Å². The lowest BCUT2D eigenvalue weighted by Gasteiger charge is -2.23. The van der Waals surface area contributed by atoms with E-state index in [0.29, 0.717) is 0 Å². The summed E-state index contributed by atoms with van der Waals surface area (Å²) in [7, 11) is 0. The van der Waals surface area contributed by atoms with Crippen molar-refractivity contribution >= 4 is 128 Å². The molecular formula is C78H52S2. The number of hydrogen-bond donors (Lipinski definition) is 0. The normalized spacial score (nSPS) is 13.9. The molecule has 18 rings (SSSR count). The molecule has 0 N–H and O–H groups in total. The molecular weight excluding hydrogens is 1000 g/mol. The molecule has 0 unspecified atom stereocenters. The molecule has 0 atom stereocenters. The van der Waals surface area contributed by atoms with Crippen LogP contribution in [0.3, 0.4) is 0 Å². The second-order valence-corrected chi connectivity index (χ2v) is 25.5. The van der Waals surface area contributed by atoms with Crippen molar-refractivity contribution in [2.45, 2.75) is 38.5 Å². The molecule has 2 heterocycles. The first-order chi connectivity index (χ1) is 39.2. The molecule has 2 heteroatoms. The van der Waals surface area contributed by atoms with Gasteiger partial charge in [0.05, 0.1) is 0 Å². The van der Waals surface area contributed by atoms with Gasteiger partial charge < -0.3 is 0 Å². The summed E-state index contributed by atoms with van der Waals surface area (Å²) in [6.07, 6.45) is 0. The van der Waals surface area contributed by atoms with Gasteiger partial charge in [0.15, 0.2) is 0 Å². The lowest BCUT2D eigenvalue weighted by atomic mass is 9.80. The molecule has 2 aromatic heterocycles. The summed E-state index contributed by atoms with van der Waals surface area (Å²) in [4.78, 5) is 0. The maximum Gasteiger partial charge on any atom is 0.0433 e. The lowest BCUT2D eigenvalue weighted by Crippen LogP contribution is -2.15. The van der Waals surface area contributed by atoms with Crippen molar-refractivity contribution < 1.29 is 0 Å².